The van der Waals surface area contributed by atoms with Gasteiger partial charge < -0.3 is 5.11 Å². The van der Waals surface area contributed by atoms with Crippen LogP contribution in [0.3, 0.4) is 0 Å². The minimum atomic E-state index is -0.108. The van der Waals surface area contributed by atoms with Gasteiger partial charge in [0.05, 0.1) is 6.10 Å². The molecule has 0 saturated heterocycles. The van der Waals surface area contributed by atoms with E-state index in [1.54, 1.807) is 0 Å². The number of aryl methyl sites for hydroxylation is 1. The summed E-state index contributed by atoms with van der Waals surface area (Å²) in [7, 11) is 0. The Hall–Kier alpha value is -0.820. The zero-order valence-electron chi connectivity index (χ0n) is 8.24. The summed E-state index contributed by atoms with van der Waals surface area (Å²) in [5.74, 6) is 0. The zero-order valence-corrected chi connectivity index (χ0v) is 8.24. The SMILES string of the molecule is CC[C@H](O)CCCc1ccccc1. The summed E-state index contributed by atoms with van der Waals surface area (Å²) in [6.45, 7) is 2.02. The number of hydrogen-bond acceptors (Lipinski definition) is 1. The molecule has 13 heavy (non-hydrogen) atoms. The second-order valence-corrected chi connectivity index (χ2v) is 3.44. The Balaban J connectivity index is 2.20. The van der Waals surface area contributed by atoms with Crippen LogP contribution in [0.15, 0.2) is 30.3 Å². The van der Waals surface area contributed by atoms with Gasteiger partial charge in [-0.25, -0.2) is 0 Å². The Kier molecular flexibility index (Phi) is 4.55. The van der Waals surface area contributed by atoms with Crippen LogP contribution < -0.4 is 0 Å². The molecule has 0 aromatic heterocycles. The lowest BCUT2D eigenvalue weighted by Crippen LogP contribution is -2.04. The van der Waals surface area contributed by atoms with Crippen LogP contribution in [0.2, 0.25) is 0 Å². The number of hydrogen-bond donors (Lipinski definition) is 1. The maximum Gasteiger partial charge on any atom is 0.0537 e. The van der Waals surface area contributed by atoms with Crippen LogP contribution in [-0.2, 0) is 6.42 Å². The quantitative estimate of drug-likeness (QED) is 0.735. The smallest absolute Gasteiger partial charge is 0.0537 e. The van der Waals surface area contributed by atoms with Crippen LogP contribution in [0.5, 0.6) is 0 Å². The molecule has 0 radical (unpaired) electrons. The largest absolute Gasteiger partial charge is 0.393 e. The number of aliphatic hydroxyl groups is 1. The van der Waals surface area contributed by atoms with Gasteiger partial charge in [-0.2, -0.15) is 0 Å². The van der Waals surface area contributed by atoms with Gasteiger partial charge in [0.1, 0.15) is 0 Å². The predicted octanol–water partition coefficient (Wildman–Crippen LogP) is 2.78. The topological polar surface area (TPSA) is 20.2 Å². The summed E-state index contributed by atoms with van der Waals surface area (Å²) < 4.78 is 0. The van der Waals surface area contributed by atoms with E-state index in [0.717, 1.165) is 25.7 Å². The van der Waals surface area contributed by atoms with Crippen molar-refractivity contribution in [3.8, 4) is 0 Å². The molecule has 0 aliphatic carbocycles. The van der Waals surface area contributed by atoms with E-state index in [9.17, 15) is 5.11 Å². The van der Waals surface area contributed by atoms with Crippen molar-refractivity contribution in [2.24, 2.45) is 0 Å². The molecule has 0 unspecified atom stereocenters. The summed E-state index contributed by atoms with van der Waals surface area (Å²) in [6, 6.07) is 10.4. The lowest BCUT2D eigenvalue weighted by Gasteiger charge is -2.06. The Morgan fingerprint density at radius 1 is 1.23 bits per heavy atom. The molecule has 1 aromatic rings. The molecule has 0 spiro atoms. The first-order chi connectivity index (χ1) is 6.33. The molecule has 0 aliphatic heterocycles. The maximum absolute atomic E-state index is 9.34. The van der Waals surface area contributed by atoms with Crippen molar-refractivity contribution in [3.05, 3.63) is 35.9 Å². The molecule has 1 rings (SSSR count). The number of benzene rings is 1. The van der Waals surface area contributed by atoms with E-state index in [4.69, 9.17) is 0 Å². The molecular weight excluding hydrogens is 160 g/mol. The summed E-state index contributed by atoms with van der Waals surface area (Å²) in [6.07, 6.45) is 3.85. The van der Waals surface area contributed by atoms with E-state index < -0.39 is 0 Å². The van der Waals surface area contributed by atoms with Crippen LogP contribution >= 0.6 is 0 Å². The van der Waals surface area contributed by atoms with Crippen molar-refractivity contribution < 1.29 is 5.11 Å². The van der Waals surface area contributed by atoms with E-state index in [1.807, 2.05) is 13.0 Å². The summed E-state index contributed by atoms with van der Waals surface area (Å²) in [5, 5.41) is 9.34. The standard InChI is InChI=1S/C12H18O/c1-2-12(13)10-6-9-11-7-4-3-5-8-11/h3-5,7-8,12-13H,2,6,9-10H2,1H3/t12-/m0/s1. The van der Waals surface area contributed by atoms with Crippen molar-refractivity contribution in [1.29, 1.82) is 0 Å². The first kappa shape index (κ1) is 10.3. The van der Waals surface area contributed by atoms with Crippen LogP contribution in [-0.4, -0.2) is 11.2 Å². The van der Waals surface area contributed by atoms with Crippen LogP contribution in [0, 0.1) is 0 Å². The molecule has 1 atom stereocenters. The second-order valence-electron chi connectivity index (χ2n) is 3.44. The molecule has 0 aliphatic rings. The van der Waals surface area contributed by atoms with Gasteiger partial charge in [0, 0.05) is 0 Å². The molecule has 1 N–H and O–H groups in total. The minimum absolute atomic E-state index is 0.108. The first-order valence-electron chi connectivity index (χ1n) is 5.05. The lowest BCUT2D eigenvalue weighted by atomic mass is 10.1. The average molecular weight is 178 g/mol. The third-order valence-corrected chi connectivity index (χ3v) is 2.32. The fourth-order valence-electron chi connectivity index (χ4n) is 1.39. The molecule has 0 bridgehead atoms. The summed E-state index contributed by atoms with van der Waals surface area (Å²) in [5.41, 5.74) is 1.37. The highest BCUT2D eigenvalue weighted by atomic mass is 16.3. The lowest BCUT2D eigenvalue weighted by molar-refractivity contribution is 0.158. The fraction of sp³-hybridized carbons (Fsp3) is 0.500. The normalized spacial score (nSPS) is 12.8. The van der Waals surface area contributed by atoms with Crippen LogP contribution in [0.4, 0.5) is 0 Å². The molecule has 1 nitrogen and oxygen atoms in total. The molecule has 1 aromatic carbocycles. The van der Waals surface area contributed by atoms with Gasteiger partial charge in [-0.15, -0.1) is 0 Å². The van der Waals surface area contributed by atoms with Crippen LogP contribution in [0.25, 0.3) is 0 Å². The van der Waals surface area contributed by atoms with Crippen molar-refractivity contribution in [2.45, 2.75) is 38.7 Å². The highest BCUT2D eigenvalue weighted by Gasteiger charge is 1.99. The van der Waals surface area contributed by atoms with E-state index in [2.05, 4.69) is 24.3 Å². The Bertz CT molecular complexity index is 218. The van der Waals surface area contributed by atoms with Crippen molar-refractivity contribution >= 4 is 0 Å². The monoisotopic (exact) mass is 178 g/mol. The van der Waals surface area contributed by atoms with Gasteiger partial charge in [0.15, 0.2) is 0 Å². The van der Waals surface area contributed by atoms with Gasteiger partial charge in [0.25, 0.3) is 0 Å². The molecular formula is C12H18O. The van der Waals surface area contributed by atoms with E-state index in [-0.39, 0.29) is 6.10 Å². The average Bonchev–Trinajstić information content (AvgIpc) is 2.19. The highest BCUT2D eigenvalue weighted by Crippen LogP contribution is 2.07. The van der Waals surface area contributed by atoms with E-state index in [0.29, 0.717) is 0 Å². The van der Waals surface area contributed by atoms with E-state index in [1.165, 1.54) is 5.56 Å². The zero-order chi connectivity index (χ0) is 9.52. The molecule has 1 heteroatoms. The third kappa shape index (κ3) is 4.09. The summed E-state index contributed by atoms with van der Waals surface area (Å²) in [4.78, 5) is 0. The minimum Gasteiger partial charge on any atom is -0.393 e. The Morgan fingerprint density at radius 3 is 2.54 bits per heavy atom. The molecule has 0 fully saturated rings. The van der Waals surface area contributed by atoms with Crippen LogP contribution in [0.1, 0.15) is 31.7 Å². The van der Waals surface area contributed by atoms with Gasteiger partial charge in [-0.05, 0) is 31.2 Å². The number of aliphatic hydroxyl groups excluding tert-OH is 1. The Morgan fingerprint density at radius 2 is 1.92 bits per heavy atom. The molecule has 0 amide bonds. The maximum atomic E-state index is 9.34. The van der Waals surface area contributed by atoms with Crippen molar-refractivity contribution in [3.63, 3.8) is 0 Å². The third-order valence-electron chi connectivity index (χ3n) is 2.32. The predicted molar refractivity (Wildman–Crippen MR) is 55.7 cm³/mol. The van der Waals surface area contributed by atoms with E-state index >= 15 is 0 Å². The highest BCUT2D eigenvalue weighted by molar-refractivity contribution is 5.14. The van der Waals surface area contributed by atoms with Gasteiger partial charge in [-0.1, -0.05) is 37.3 Å². The first-order valence-corrected chi connectivity index (χ1v) is 5.05. The van der Waals surface area contributed by atoms with Crippen molar-refractivity contribution in [1.82, 2.24) is 0 Å². The van der Waals surface area contributed by atoms with Crippen molar-refractivity contribution in [2.75, 3.05) is 0 Å². The molecule has 72 valence electrons. The Labute approximate surface area is 80.4 Å². The number of rotatable bonds is 5. The fourth-order valence-corrected chi connectivity index (χ4v) is 1.39. The molecule has 0 saturated carbocycles. The van der Waals surface area contributed by atoms with Gasteiger partial charge in [-0.3, -0.25) is 0 Å². The second kappa shape index (κ2) is 5.76. The van der Waals surface area contributed by atoms with Gasteiger partial charge in [0.2, 0.25) is 0 Å². The summed E-state index contributed by atoms with van der Waals surface area (Å²) >= 11 is 0. The molecule has 0 heterocycles. The van der Waals surface area contributed by atoms with Gasteiger partial charge >= 0.3 is 0 Å².